The quantitative estimate of drug-likeness (QED) is 0.427. The van der Waals surface area contributed by atoms with Gasteiger partial charge in [0.15, 0.2) is 10.9 Å². The highest BCUT2D eigenvalue weighted by Gasteiger charge is 2.25. The van der Waals surface area contributed by atoms with Gasteiger partial charge in [0.05, 0.1) is 18.1 Å². The van der Waals surface area contributed by atoms with Gasteiger partial charge in [0.1, 0.15) is 0 Å². The molecule has 158 valence electrons. The number of rotatable bonds is 7. The monoisotopic (exact) mass is 488 g/mol. The van der Waals surface area contributed by atoms with Gasteiger partial charge in [0.25, 0.3) is 0 Å². The molecule has 0 spiro atoms. The topological polar surface area (TPSA) is 73.0 Å². The fourth-order valence-electron chi connectivity index (χ4n) is 3.87. The molecule has 1 atom stereocenters. The maximum atomic E-state index is 12.6. The van der Waals surface area contributed by atoms with Gasteiger partial charge < -0.3 is 9.73 Å². The highest BCUT2D eigenvalue weighted by Crippen LogP contribution is 2.35. The number of aromatic nitrogens is 3. The van der Waals surface area contributed by atoms with Crippen molar-refractivity contribution in [2.24, 2.45) is 0 Å². The molecular weight excluding hydrogens is 464 g/mol. The minimum absolute atomic E-state index is 0.0202. The molecule has 2 aromatic heterocycles. The Morgan fingerprint density at radius 3 is 2.70 bits per heavy atom. The molecule has 3 aromatic rings. The molecule has 0 saturated heterocycles. The second-order valence-corrected chi connectivity index (χ2v) is 9.43. The van der Waals surface area contributed by atoms with Gasteiger partial charge in [-0.15, -0.1) is 10.2 Å². The van der Waals surface area contributed by atoms with Crippen LogP contribution in [0.4, 0.5) is 0 Å². The Balaban J connectivity index is 1.45. The number of benzene rings is 1. The fraction of sp³-hybridized carbons (Fsp3) is 0.409. The Morgan fingerprint density at radius 2 is 2.00 bits per heavy atom. The van der Waals surface area contributed by atoms with E-state index >= 15 is 0 Å². The number of furan rings is 1. The molecule has 1 fully saturated rings. The second kappa shape index (κ2) is 9.83. The molecule has 0 radical (unpaired) electrons. The van der Waals surface area contributed by atoms with Gasteiger partial charge >= 0.3 is 0 Å². The average Bonchev–Trinajstić information content (AvgIpc) is 3.43. The van der Waals surface area contributed by atoms with E-state index < -0.39 is 0 Å². The van der Waals surface area contributed by atoms with Gasteiger partial charge in [0, 0.05) is 10.5 Å². The van der Waals surface area contributed by atoms with Crippen LogP contribution in [0, 0.1) is 0 Å². The molecule has 0 unspecified atom stereocenters. The number of carbonyl (C=O) groups is 1. The Labute approximate surface area is 189 Å². The van der Waals surface area contributed by atoms with Gasteiger partial charge in [-0.2, -0.15) is 0 Å². The van der Waals surface area contributed by atoms with E-state index in [4.69, 9.17) is 4.42 Å². The molecule has 8 heteroatoms. The standard InChI is InChI=1S/C22H25BrN4O2S/c1-15(16-9-11-17(23)12-10-16)24-20(28)14-30-22-26-25-21(19-8-5-13-29-19)27(22)18-6-3-2-4-7-18/h5,8-13,15,18H,2-4,6-7,14H2,1H3,(H,24,28)/t15-/m0/s1. The molecule has 1 amide bonds. The third kappa shape index (κ3) is 4.98. The third-order valence-corrected chi connectivity index (χ3v) is 6.90. The van der Waals surface area contributed by atoms with Gasteiger partial charge in [-0.05, 0) is 49.6 Å². The van der Waals surface area contributed by atoms with E-state index in [1.54, 1.807) is 6.26 Å². The van der Waals surface area contributed by atoms with Crippen molar-refractivity contribution < 1.29 is 9.21 Å². The first-order valence-electron chi connectivity index (χ1n) is 10.3. The Hall–Kier alpha value is -2.06. The summed E-state index contributed by atoms with van der Waals surface area (Å²) in [6.45, 7) is 1.99. The van der Waals surface area contributed by atoms with Crippen molar-refractivity contribution in [3.63, 3.8) is 0 Å². The van der Waals surface area contributed by atoms with Crippen molar-refractivity contribution >= 4 is 33.6 Å². The fourth-order valence-corrected chi connectivity index (χ4v) is 4.95. The van der Waals surface area contributed by atoms with E-state index in [0.717, 1.165) is 33.9 Å². The zero-order valence-electron chi connectivity index (χ0n) is 16.9. The zero-order valence-corrected chi connectivity index (χ0v) is 19.3. The van der Waals surface area contributed by atoms with Crippen molar-refractivity contribution in [3.8, 4) is 11.6 Å². The van der Waals surface area contributed by atoms with Crippen LogP contribution < -0.4 is 5.32 Å². The highest BCUT2D eigenvalue weighted by molar-refractivity contribution is 9.10. The molecule has 6 nitrogen and oxygen atoms in total. The number of amides is 1. The van der Waals surface area contributed by atoms with E-state index in [2.05, 4.69) is 36.0 Å². The molecule has 4 rings (SSSR count). The summed E-state index contributed by atoms with van der Waals surface area (Å²) in [6.07, 6.45) is 7.54. The lowest BCUT2D eigenvalue weighted by molar-refractivity contribution is -0.119. The number of halogens is 1. The molecule has 1 aromatic carbocycles. The van der Waals surface area contributed by atoms with Gasteiger partial charge in [-0.25, -0.2) is 0 Å². The first kappa shape index (κ1) is 21.2. The van der Waals surface area contributed by atoms with Crippen LogP contribution in [-0.4, -0.2) is 26.4 Å². The molecule has 1 aliphatic carbocycles. The van der Waals surface area contributed by atoms with Crippen LogP contribution >= 0.6 is 27.7 Å². The molecule has 1 N–H and O–H groups in total. The average molecular weight is 489 g/mol. The minimum atomic E-state index is -0.0545. The number of thioether (sulfide) groups is 1. The van der Waals surface area contributed by atoms with Crippen LogP contribution in [0.1, 0.15) is 56.7 Å². The van der Waals surface area contributed by atoms with Crippen LogP contribution in [0.3, 0.4) is 0 Å². The number of nitrogens with one attached hydrogen (secondary N) is 1. The first-order chi connectivity index (χ1) is 14.6. The highest BCUT2D eigenvalue weighted by atomic mass is 79.9. The van der Waals surface area contributed by atoms with Gasteiger partial charge in [-0.3, -0.25) is 9.36 Å². The third-order valence-electron chi connectivity index (χ3n) is 5.43. The van der Waals surface area contributed by atoms with Crippen molar-refractivity contribution in [3.05, 3.63) is 52.7 Å². The molecule has 1 aliphatic rings. The lowest BCUT2D eigenvalue weighted by atomic mass is 9.95. The smallest absolute Gasteiger partial charge is 0.230 e. The predicted octanol–water partition coefficient (Wildman–Crippen LogP) is 5.78. The Kier molecular flexibility index (Phi) is 6.94. The summed E-state index contributed by atoms with van der Waals surface area (Å²) in [6, 6.07) is 12.0. The summed E-state index contributed by atoms with van der Waals surface area (Å²) >= 11 is 4.87. The summed E-state index contributed by atoms with van der Waals surface area (Å²) in [5.41, 5.74) is 1.07. The van der Waals surface area contributed by atoms with Crippen LogP contribution in [0.25, 0.3) is 11.6 Å². The summed E-state index contributed by atoms with van der Waals surface area (Å²) in [5, 5.41) is 12.6. The molecular formula is C22H25BrN4O2S. The van der Waals surface area contributed by atoms with Crippen LogP contribution in [0.2, 0.25) is 0 Å². The van der Waals surface area contributed by atoms with Crippen molar-refractivity contribution in [1.82, 2.24) is 20.1 Å². The van der Waals surface area contributed by atoms with Crippen LogP contribution in [0.15, 0.2) is 56.7 Å². The van der Waals surface area contributed by atoms with Gasteiger partial charge in [0.2, 0.25) is 11.7 Å². The summed E-state index contributed by atoms with van der Waals surface area (Å²) < 4.78 is 8.78. The number of hydrogen-bond donors (Lipinski definition) is 1. The lowest BCUT2D eigenvalue weighted by Crippen LogP contribution is -2.28. The van der Waals surface area contributed by atoms with E-state index in [9.17, 15) is 4.79 Å². The number of hydrogen-bond acceptors (Lipinski definition) is 5. The number of nitrogens with zero attached hydrogens (tertiary/aromatic N) is 3. The summed E-state index contributed by atoms with van der Waals surface area (Å²) in [5.74, 6) is 1.74. The maximum Gasteiger partial charge on any atom is 0.230 e. The second-order valence-electron chi connectivity index (χ2n) is 7.57. The van der Waals surface area contributed by atoms with E-state index in [-0.39, 0.29) is 11.9 Å². The Morgan fingerprint density at radius 1 is 1.23 bits per heavy atom. The zero-order chi connectivity index (χ0) is 20.9. The lowest BCUT2D eigenvalue weighted by Gasteiger charge is -2.25. The molecule has 0 aliphatic heterocycles. The van der Waals surface area contributed by atoms with Crippen LogP contribution in [0.5, 0.6) is 0 Å². The van der Waals surface area contributed by atoms with E-state index in [1.807, 2.05) is 43.3 Å². The number of carbonyl (C=O) groups excluding carboxylic acids is 1. The first-order valence-corrected chi connectivity index (χ1v) is 12.1. The molecule has 2 heterocycles. The van der Waals surface area contributed by atoms with Gasteiger partial charge in [-0.1, -0.05) is 59.1 Å². The van der Waals surface area contributed by atoms with Crippen molar-refractivity contribution in [1.29, 1.82) is 0 Å². The van der Waals surface area contributed by atoms with E-state index in [0.29, 0.717) is 17.6 Å². The summed E-state index contributed by atoms with van der Waals surface area (Å²) in [7, 11) is 0. The molecule has 30 heavy (non-hydrogen) atoms. The Bertz CT molecular complexity index is 966. The maximum absolute atomic E-state index is 12.6. The minimum Gasteiger partial charge on any atom is -0.461 e. The predicted molar refractivity (Wildman–Crippen MR) is 121 cm³/mol. The SMILES string of the molecule is C[C@H](NC(=O)CSc1nnc(-c2ccco2)n1C1CCCCC1)c1ccc(Br)cc1. The molecule has 1 saturated carbocycles. The molecule has 0 bridgehead atoms. The van der Waals surface area contributed by atoms with Crippen LogP contribution in [-0.2, 0) is 4.79 Å². The largest absolute Gasteiger partial charge is 0.461 e. The van der Waals surface area contributed by atoms with Crippen molar-refractivity contribution in [2.75, 3.05) is 5.75 Å². The normalized spacial score (nSPS) is 15.8. The summed E-state index contributed by atoms with van der Waals surface area (Å²) in [4.78, 5) is 12.6. The van der Waals surface area contributed by atoms with Crippen molar-refractivity contribution in [2.45, 2.75) is 56.3 Å². The van der Waals surface area contributed by atoms with E-state index in [1.165, 1.54) is 31.0 Å².